The van der Waals surface area contributed by atoms with Gasteiger partial charge in [-0.15, -0.1) is 0 Å². The molecule has 5 heteroatoms. The maximum atomic E-state index is 11.5. The molecule has 0 spiro atoms. The van der Waals surface area contributed by atoms with E-state index in [-0.39, 0.29) is 24.3 Å². The smallest absolute Gasteiger partial charge is 0.407 e. The number of hydrogen-bond acceptors (Lipinski definition) is 4. The molecule has 3 atom stereocenters. The minimum atomic E-state index is -0.460. The number of carbonyl (C=O) groups excluding carboxylic acids is 1. The number of alkyl carbamates (subject to hydrolysis) is 1. The minimum absolute atomic E-state index is 0.133. The van der Waals surface area contributed by atoms with E-state index in [1.807, 2.05) is 34.6 Å². The molecule has 0 aromatic rings. The summed E-state index contributed by atoms with van der Waals surface area (Å²) in [5, 5.41) is 6.09. The van der Waals surface area contributed by atoms with Crippen molar-refractivity contribution in [3.63, 3.8) is 0 Å². The van der Waals surface area contributed by atoms with Crippen LogP contribution in [0.3, 0.4) is 0 Å². The fraction of sp³-hybridized carbons (Fsp3) is 0.923. The van der Waals surface area contributed by atoms with Crippen molar-refractivity contribution in [2.24, 2.45) is 0 Å². The normalized spacial score (nSPS) is 16.8. The zero-order chi connectivity index (χ0) is 14.3. The van der Waals surface area contributed by atoms with Crippen LogP contribution in [0.1, 0.15) is 41.5 Å². The van der Waals surface area contributed by atoms with Crippen LogP contribution >= 0.6 is 0 Å². The monoisotopic (exact) mass is 260 g/mol. The number of rotatable bonds is 6. The molecular weight excluding hydrogens is 232 g/mol. The third-order valence-electron chi connectivity index (χ3n) is 2.57. The lowest BCUT2D eigenvalue weighted by atomic mass is 10.2. The Bertz CT molecular complexity index is 251. The van der Waals surface area contributed by atoms with Gasteiger partial charge < -0.3 is 20.1 Å². The van der Waals surface area contributed by atoms with Gasteiger partial charge in [0, 0.05) is 25.7 Å². The van der Waals surface area contributed by atoms with Crippen molar-refractivity contribution in [3.05, 3.63) is 0 Å². The second-order valence-corrected chi connectivity index (χ2v) is 5.68. The summed E-state index contributed by atoms with van der Waals surface area (Å²) in [6.45, 7) is 12.1. The molecule has 3 unspecified atom stereocenters. The molecule has 5 nitrogen and oxygen atoms in total. The van der Waals surface area contributed by atoms with Crippen molar-refractivity contribution >= 4 is 6.09 Å². The van der Waals surface area contributed by atoms with Gasteiger partial charge in [-0.1, -0.05) is 0 Å². The van der Waals surface area contributed by atoms with E-state index in [0.29, 0.717) is 6.54 Å². The lowest BCUT2D eigenvalue weighted by Crippen LogP contribution is -2.47. The molecule has 0 radical (unpaired) electrons. The van der Waals surface area contributed by atoms with Gasteiger partial charge in [-0.25, -0.2) is 4.79 Å². The van der Waals surface area contributed by atoms with E-state index in [1.54, 1.807) is 7.11 Å². The Kier molecular flexibility index (Phi) is 7.25. The molecule has 0 bridgehead atoms. The summed E-state index contributed by atoms with van der Waals surface area (Å²) in [5.74, 6) is 0. The van der Waals surface area contributed by atoms with Crippen LogP contribution in [0.15, 0.2) is 0 Å². The third-order valence-corrected chi connectivity index (χ3v) is 2.57. The maximum Gasteiger partial charge on any atom is 0.407 e. The van der Waals surface area contributed by atoms with Gasteiger partial charge in [0.1, 0.15) is 5.60 Å². The van der Waals surface area contributed by atoms with Crippen LogP contribution < -0.4 is 10.6 Å². The highest BCUT2D eigenvalue weighted by Gasteiger charge is 2.17. The molecule has 1 amide bonds. The van der Waals surface area contributed by atoms with Gasteiger partial charge in [0.25, 0.3) is 0 Å². The highest BCUT2D eigenvalue weighted by atomic mass is 16.6. The quantitative estimate of drug-likeness (QED) is 0.766. The van der Waals surface area contributed by atoms with E-state index in [0.717, 1.165) is 0 Å². The lowest BCUT2D eigenvalue weighted by Gasteiger charge is -2.25. The average Bonchev–Trinajstić information content (AvgIpc) is 2.22. The van der Waals surface area contributed by atoms with Crippen LogP contribution in [-0.2, 0) is 9.47 Å². The second-order valence-electron chi connectivity index (χ2n) is 5.68. The number of carbonyl (C=O) groups is 1. The maximum absolute atomic E-state index is 11.5. The molecule has 0 aromatic heterocycles. The average molecular weight is 260 g/mol. The second kappa shape index (κ2) is 7.59. The first-order valence-electron chi connectivity index (χ1n) is 6.41. The summed E-state index contributed by atoms with van der Waals surface area (Å²) < 4.78 is 10.4. The summed E-state index contributed by atoms with van der Waals surface area (Å²) in [5.41, 5.74) is -0.460. The van der Waals surface area contributed by atoms with Crippen LogP contribution in [0.4, 0.5) is 4.79 Å². The summed E-state index contributed by atoms with van der Waals surface area (Å²) in [7, 11) is 1.69. The fourth-order valence-corrected chi connectivity index (χ4v) is 1.40. The van der Waals surface area contributed by atoms with Gasteiger partial charge in [0.05, 0.1) is 6.10 Å². The minimum Gasteiger partial charge on any atom is -0.444 e. The Hall–Kier alpha value is -0.810. The van der Waals surface area contributed by atoms with Crippen LogP contribution in [0.5, 0.6) is 0 Å². The molecule has 0 aliphatic rings. The number of ether oxygens (including phenoxy) is 2. The molecule has 0 aliphatic heterocycles. The Morgan fingerprint density at radius 3 is 2.22 bits per heavy atom. The molecular formula is C13H28N2O3. The summed E-state index contributed by atoms with van der Waals surface area (Å²) in [4.78, 5) is 11.5. The van der Waals surface area contributed by atoms with Gasteiger partial charge in [-0.05, 0) is 41.5 Å². The first kappa shape index (κ1) is 17.2. The molecule has 0 rings (SSSR count). The van der Waals surface area contributed by atoms with E-state index in [2.05, 4.69) is 17.6 Å². The standard InChI is InChI=1S/C13H28N2O3/c1-9(15-10(2)11(3)17-7)8-14-12(16)18-13(4,5)6/h9-11,15H,8H2,1-7H3,(H,14,16). The summed E-state index contributed by atoms with van der Waals surface area (Å²) >= 11 is 0. The Labute approximate surface area is 111 Å². The molecule has 2 N–H and O–H groups in total. The Balaban J connectivity index is 3.90. The molecule has 0 fully saturated rings. The number of methoxy groups -OCH3 is 1. The van der Waals surface area contributed by atoms with Crippen molar-refractivity contribution in [1.82, 2.24) is 10.6 Å². The number of nitrogens with one attached hydrogen (secondary N) is 2. The van der Waals surface area contributed by atoms with E-state index in [4.69, 9.17) is 9.47 Å². The van der Waals surface area contributed by atoms with Gasteiger partial charge in [-0.3, -0.25) is 0 Å². The van der Waals surface area contributed by atoms with Crippen molar-refractivity contribution in [1.29, 1.82) is 0 Å². The Morgan fingerprint density at radius 1 is 1.22 bits per heavy atom. The van der Waals surface area contributed by atoms with E-state index >= 15 is 0 Å². The van der Waals surface area contributed by atoms with Crippen molar-refractivity contribution in [3.8, 4) is 0 Å². The van der Waals surface area contributed by atoms with Crippen LogP contribution in [0.25, 0.3) is 0 Å². The van der Waals surface area contributed by atoms with Gasteiger partial charge in [0.2, 0.25) is 0 Å². The molecule has 108 valence electrons. The zero-order valence-electron chi connectivity index (χ0n) is 12.7. The van der Waals surface area contributed by atoms with Crippen LogP contribution in [0.2, 0.25) is 0 Å². The first-order chi connectivity index (χ1) is 8.15. The fourth-order valence-electron chi connectivity index (χ4n) is 1.40. The highest BCUT2D eigenvalue weighted by Crippen LogP contribution is 2.06. The molecule has 0 heterocycles. The van der Waals surface area contributed by atoms with Crippen LogP contribution in [0, 0.1) is 0 Å². The molecule has 18 heavy (non-hydrogen) atoms. The first-order valence-corrected chi connectivity index (χ1v) is 6.41. The Morgan fingerprint density at radius 2 is 1.78 bits per heavy atom. The third kappa shape index (κ3) is 8.31. The summed E-state index contributed by atoms with van der Waals surface area (Å²) in [6, 6.07) is 0.385. The molecule has 0 saturated carbocycles. The molecule has 0 aliphatic carbocycles. The zero-order valence-corrected chi connectivity index (χ0v) is 12.7. The number of amides is 1. The van der Waals surface area contributed by atoms with Crippen molar-refractivity contribution < 1.29 is 14.3 Å². The SMILES string of the molecule is COC(C)C(C)NC(C)CNC(=O)OC(C)(C)C. The van der Waals surface area contributed by atoms with Crippen LogP contribution in [-0.4, -0.2) is 43.5 Å². The van der Waals surface area contributed by atoms with Gasteiger partial charge >= 0.3 is 6.09 Å². The van der Waals surface area contributed by atoms with Crippen molar-refractivity contribution in [2.45, 2.75) is 65.3 Å². The summed E-state index contributed by atoms with van der Waals surface area (Å²) in [6.07, 6.45) is -0.252. The number of hydrogen-bond donors (Lipinski definition) is 2. The largest absolute Gasteiger partial charge is 0.444 e. The van der Waals surface area contributed by atoms with E-state index < -0.39 is 5.60 Å². The topological polar surface area (TPSA) is 59.6 Å². The van der Waals surface area contributed by atoms with E-state index in [9.17, 15) is 4.79 Å². The predicted molar refractivity (Wildman–Crippen MR) is 72.8 cm³/mol. The molecule has 0 aromatic carbocycles. The predicted octanol–water partition coefficient (Wildman–Crippen LogP) is 1.91. The van der Waals surface area contributed by atoms with Gasteiger partial charge in [0.15, 0.2) is 0 Å². The van der Waals surface area contributed by atoms with Gasteiger partial charge in [-0.2, -0.15) is 0 Å². The molecule has 0 saturated heterocycles. The lowest BCUT2D eigenvalue weighted by molar-refractivity contribution is 0.0517. The van der Waals surface area contributed by atoms with Crippen molar-refractivity contribution in [2.75, 3.05) is 13.7 Å². The highest BCUT2D eigenvalue weighted by molar-refractivity contribution is 5.67. The van der Waals surface area contributed by atoms with E-state index in [1.165, 1.54) is 0 Å².